The number of carbonyl (C=O) groups excluding carboxylic acids is 2. The number of aromatic hydroxyl groups is 1. The number of nitrogens with one attached hydrogen (secondary N) is 1. The maximum atomic E-state index is 11.7. The number of amides is 2. The summed E-state index contributed by atoms with van der Waals surface area (Å²) in [5.41, 5.74) is 5.79. The van der Waals surface area contributed by atoms with Crippen LogP contribution in [-0.2, 0) is 4.79 Å². The molecule has 4 N–H and O–H groups in total. The minimum absolute atomic E-state index is 0.00498. The second-order valence-electron chi connectivity index (χ2n) is 4.73. The van der Waals surface area contributed by atoms with Crippen LogP contribution in [-0.4, -0.2) is 26.9 Å². The van der Waals surface area contributed by atoms with Crippen LogP contribution in [0.5, 0.6) is 5.88 Å². The van der Waals surface area contributed by atoms with E-state index >= 15 is 0 Å². The smallest absolute Gasteiger partial charge is 0.264 e. The molecule has 7 nitrogen and oxygen atoms in total. The van der Waals surface area contributed by atoms with Gasteiger partial charge in [-0.1, -0.05) is 0 Å². The number of thiazole rings is 1. The number of hydrogen-bond donors (Lipinski definition) is 3. The van der Waals surface area contributed by atoms with Crippen LogP contribution in [0.15, 0.2) is 18.3 Å². The van der Waals surface area contributed by atoms with E-state index in [4.69, 9.17) is 5.73 Å². The quantitative estimate of drug-likeness (QED) is 0.788. The Morgan fingerprint density at radius 2 is 2.19 bits per heavy atom. The zero-order chi connectivity index (χ0) is 15.0. The highest BCUT2D eigenvalue weighted by Crippen LogP contribution is 2.33. The van der Waals surface area contributed by atoms with Gasteiger partial charge in [0.25, 0.3) is 5.91 Å². The second-order valence-corrected chi connectivity index (χ2v) is 5.73. The van der Waals surface area contributed by atoms with E-state index in [1.54, 1.807) is 12.1 Å². The molecule has 2 aromatic rings. The van der Waals surface area contributed by atoms with Crippen LogP contribution < -0.4 is 11.1 Å². The SMILES string of the molecule is NC(=O)c1sc(-c2ccnc(NC(=O)C3CC3)c2)nc1O. The number of nitrogens with two attached hydrogens (primary N) is 1. The highest BCUT2D eigenvalue weighted by molar-refractivity contribution is 7.17. The van der Waals surface area contributed by atoms with Gasteiger partial charge in [0.2, 0.25) is 11.8 Å². The van der Waals surface area contributed by atoms with Crippen LogP contribution in [0.2, 0.25) is 0 Å². The Balaban J connectivity index is 1.86. The summed E-state index contributed by atoms with van der Waals surface area (Å²) in [5.74, 6) is -0.657. The number of rotatable bonds is 4. The van der Waals surface area contributed by atoms with Crippen LogP contribution in [0.3, 0.4) is 0 Å². The van der Waals surface area contributed by atoms with Gasteiger partial charge in [0.15, 0.2) is 4.88 Å². The lowest BCUT2D eigenvalue weighted by molar-refractivity contribution is -0.117. The molecule has 1 aliphatic rings. The highest BCUT2D eigenvalue weighted by Gasteiger charge is 2.29. The molecule has 108 valence electrons. The summed E-state index contributed by atoms with van der Waals surface area (Å²) in [7, 11) is 0. The molecule has 1 fully saturated rings. The van der Waals surface area contributed by atoms with E-state index in [0.717, 1.165) is 24.2 Å². The van der Waals surface area contributed by atoms with Crippen LogP contribution >= 0.6 is 11.3 Å². The topological polar surface area (TPSA) is 118 Å². The minimum atomic E-state index is -0.729. The Kier molecular flexibility index (Phi) is 3.30. The maximum Gasteiger partial charge on any atom is 0.264 e. The van der Waals surface area contributed by atoms with Gasteiger partial charge in [-0.05, 0) is 25.0 Å². The van der Waals surface area contributed by atoms with Gasteiger partial charge < -0.3 is 16.2 Å². The Morgan fingerprint density at radius 1 is 1.43 bits per heavy atom. The first-order valence-electron chi connectivity index (χ1n) is 6.31. The van der Waals surface area contributed by atoms with Gasteiger partial charge >= 0.3 is 0 Å². The van der Waals surface area contributed by atoms with Crippen LogP contribution in [0.1, 0.15) is 22.5 Å². The van der Waals surface area contributed by atoms with Gasteiger partial charge in [-0.2, -0.15) is 0 Å². The van der Waals surface area contributed by atoms with Crippen molar-refractivity contribution in [1.82, 2.24) is 9.97 Å². The van der Waals surface area contributed by atoms with Gasteiger partial charge in [0, 0.05) is 17.7 Å². The van der Waals surface area contributed by atoms with Crippen molar-refractivity contribution in [2.45, 2.75) is 12.8 Å². The number of primary amides is 1. The van der Waals surface area contributed by atoms with E-state index in [-0.39, 0.29) is 22.6 Å². The van der Waals surface area contributed by atoms with Gasteiger partial charge in [-0.25, -0.2) is 9.97 Å². The predicted molar refractivity (Wildman–Crippen MR) is 76.9 cm³/mol. The summed E-state index contributed by atoms with van der Waals surface area (Å²) >= 11 is 0.991. The molecule has 2 heterocycles. The van der Waals surface area contributed by atoms with Crippen LogP contribution in [0.25, 0.3) is 10.6 Å². The highest BCUT2D eigenvalue weighted by atomic mass is 32.1. The lowest BCUT2D eigenvalue weighted by Crippen LogP contribution is -2.14. The molecule has 2 aromatic heterocycles. The molecule has 0 unspecified atom stereocenters. The summed E-state index contributed by atoms with van der Waals surface area (Å²) < 4.78 is 0. The summed E-state index contributed by atoms with van der Waals surface area (Å²) in [6.45, 7) is 0. The molecule has 0 spiro atoms. The molecule has 0 bridgehead atoms. The monoisotopic (exact) mass is 304 g/mol. The first-order valence-corrected chi connectivity index (χ1v) is 7.13. The minimum Gasteiger partial charge on any atom is -0.492 e. The summed E-state index contributed by atoms with van der Waals surface area (Å²) in [6, 6.07) is 3.32. The van der Waals surface area contributed by atoms with Crippen molar-refractivity contribution < 1.29 is 14.7 Å². The van der Waals surface area contributed by atoms with E-state index in [1.807, 2.05) is 0 Å². The molecular weight excluding hydrogens is 292 g/mol. The van der Waals surface area contributed by atoms with E-state index < -0.39 is 5.91 Å². The van der Waals surface area contributed by atoms with Gasteiger partial charge in [0.1, 0.15) is 10.8 Å². The van der Waals surface area contributed by atoms with E-state index in [2.05, 4.69) is 15.3 Å². The first kappa shape index (κ1) is 13.5. The van der Waals surface area contributed by atoms with Gasteiger partial charge in [-0.3, -0.25) is 9.59 Å². The van der Waals surface area contributed by atoms with Crippen molar-refractivity contribution in [2.75, 3.05) is 5.32 Å². The number of hydrogen-bond acceptors (Lipinski definition) is 6. The number of nitrogens with zero attached hydrogens (tertiary/aromatic N) is 2. The predicted octanol–water partition coefficient (Wildman–Crippen LogP) is 1.36. The van der Waals surface area contributed by atoms with E-state index in [9.17, 15) is 14.7 Å². The normalized spacial score (nSPS) is 13.9. The fourth-order valence-corrected chi connectivity index (χ4v) is 2.61. The van der Waals surface area contributed by atoms with Crippen molar-refractivity contribution in [3.05, 3.63) is 23.2 Å². The Hall–Kier alpha value is -2.48. The fourth-order valence-electron chi connectivity index (χ4n) is 1.80. The lowest BCUT2D eigenvalue weighted by Gasteiger charge is -2.04. The number of anilines is 1. The standard InChI is InChI=1S/C13H12N4O3S/c14-10(18)9-12(20)17-13(21-9)7-3-4-15-8(5-7)16-11(19)6-1-2-6/h3-6,20H,1-2H2,(H2,14,18)(H,15,16,19). The molecule has 0 aliphatic heterocycles. The third kappa shape index (κ3) is 2.84. The zero-order valence-electron chi connectivity index (χ0n) is 10.9. The van der Waals surface area contributed by atoms with Crippen LogP contribution in [0.4, 0.5) is 5.82 Å². The van der Waals surface area contributed by atoms with Crippen molar-refractivity contribution >= 4 is 29.0 Å². The number of aromatic nitrogens is 2. The molecule has 21 heavy (non-hydrogen) atoms. The second kappa shape index (κ2) is 5.13. The average molecular weight is 304 g/mol. The zero-order valence-corrected chi connectivity index (χ0v) is 11.7. The molecule has 1 aliphatic carbocycles. The molecule has 3 rings (SSSR count). The molecule has 2 amide bonds. The van der Waals surface area contributed by atoms with E-state index in [0.29, 0.717) is 16.4 Å². The molecule has 1 saturated carbocycles. The Labute approximate surface area is 123 Å². The Bertz CT molecular complexity index is 724. The lowest BCUT2D eigenvalue weighted by atomic mass is 10.2. The molecule has 0 atom stereocenters. The number of carbonyl (C=O) groups is 2. The van der Waals surface area contributed by atoms with Gasteiger partial charge in [0.05, 0.1) is 0 Å². The fraction of sp³-hybridized carbons (Fsp3) is 0.231. The van der Waals surface area contributed by atoms with Gasteiger partial charge in [-0.15, -0.1) is 11.3 Å². The summed E-state index contributed by atoms with van der Waals surface area (Å²) in [5, 5.41) is 12.7. The average Bonchev–Trinajstić information content (AvgIpc) is 3.22. The summed E-state index contributed by atoms with van der Waals surface area (Å²) in [4.78, 5) is 30.8. The largest absolute Gasteiger partial charge is 0.492 e. The molecule has 0 radical (unpaired) electrons. The van der Waals surface area contributed by atoms with Crippen molar-refractivity contribution in [3.8, 4) is 16.5 Å². The third-order valence-corrected chi connectivity index (χ3v) is 4.15. The van der Waals surface area contributed by atoms with E-state index in [1.165, 1.54) is 6.20 Å². The number of pyridine rings is 1. The van der Waals surface area contributed by atoms with Crippen molar-refractivity contribution in [2.24, 2.45) is 11.7 Å². The maximum absolute atomic E-state index is 11.7. The molecule has 0 aromatic carbocycles. The van der Waals surface area contributed by atoms with Crippen molar-refractivity contribution in [1.29, 1.82) is 0 Å². The molecule has 0 saturated heterocycles. The van der Waals surface area contributed by atoms with Crippen molar-refractivity contribution in [3.63, 3.8) is 0 Å². The summed E-state index contributed by atoms with van der Waals surface area (Å²) in [6.07, 6.45) is 3.35. The first-order chi connectivity index (χ1) is 10.0. The molecular formula is C13H12N4O3S. The molecule has 8 heteroatoms. The van der Waals surface area contributed by atoms with Crippen LogP contribution in [0, 0.1) is 5.92 Å². The third-order valence-electron chi connectivity index (χ3n) is 3.04. The Morgan fingerprint density at radius 3 is 2.81 bits per heavy atom.